The van der Waals surface area contributed by atoms with E-state index in [-0.39, 0.29) is 18.6 Å². The van der Waals surface area contributed by atoms with Crippen molar-refractivity contribution in [3.8, 4) is 0 Å². The molecule has 0 unspecified atom stereocenters. The Morgan fingerprint density at radius 2 is 0.636 bits per heavy atom. The van der Waals surface area contributed by atoms with Gasteiger partial charge in [-0.3, -0.25) is 0 Å². The van der Waals surface area contributed by atoms with E-state index in [1.807, 2.05) is 0 Å². The Labute approximate surface area is 77.5 Å². The van der Waals surface area contributed by atoms with Crippen molar-refractivity contribution in [2.75, 3.05) is 0 Å². The van der Waals surface area contributed by atoms with E-state index in [2.05, 4.69) is 0 Å². The van der Waals surface area contributed by atoms with Crippen molar-refractivity contribution in [2.24, 2.45) is 0 Å². The van der Waals surface area contributed by atoms with Crippen molar-refractivity contribution in [3.05, 3.63) is 0 Å². The summed E-state index contributed by atoms with van der Waals surface area (Å²) in [5, 5.41) is 0. The molecule has 0 aliphatic carbocycles. The molecule has 11 heavy (non-hydrogen) atoms. The van der Waals surface area contributed by atoms with Crippen LogP contribution in [0.15, 0.2) is 0 Å². The fourth-order valence-electron chi connectivity index (χ4n) is 0. The van der Waals surface area contributed by atoms with Crippen LogP contribution < -0.4 is 16.6 Å². The van der Waals surface area contributed by atoms with Gasteiger partial charge in [0, 0.05) is 0 Å². The molecule has 0 saturated carbocycles. The quantitative estimate of drug-likeness (QED) is 0.426. The Morgan fingerprint density at radius 1 is 0.636 bits per heavy atom. The molecule has 0 fully saturated rings. The summed E-state index contributed by atoms with van der Waals surface area (Å²) in [5.41, 5.74) is 0. The van der Waals surface area contributed by atoms with E-state index in [0.29, 0.717) is 0 Å². The maximum absolute atomic E-state index is 8.59. The summed E-state index contributed by atoms with van der Waals surface area (Å²) in [5.74, 6) is 0. The van der Waals surface area contributed by atoms with E-state index in [0.717, 1.165) is 0 Å². The number of rotatable bonds is 0. The van der Waals surface area contributed by atoms with Gasteiger partial charge in [-0.2, -0.15) is 0 Å². The van der Waals surface area contributed by atoms with Gasteiger partial charge in [-0.05, 0) is 0 Å². The summed E-state index contributed by atoms with van der Waals surface area (Å²) in [6, 6.07) is 0. The second kappa shape index (κ2) is 6.23. The predicted octanol–water partition coefficient (Wildman–Crippen LogP) is -5.24. The molecule has 0 aliphatic rings. The van der Waals surface area contributed by atoms with Crippen LogP contribution >= 0.6 is 0 Å². The van der Waals surface area contributed by atoms with Gasteiger partial charge in [-0.25, -0.2) is 0 Å². The molecular weight excluding hydrogens is 283 g/mol. The molecule has 0 heterocycles. The monoisotopic (exact) mass is 283 g/mol. The smallest absolute Gasteiger partial charge is 4.00 e. The van der Waals surface area contributed by atoms with Crippen LogP contribution in [-0.2, 0) is 61.0 Å². The first kappa shape index (κ1) is 17.7. The minimum Gasteiger partial charge on any atom is 4.00 e. The van der Waals surface area contributed by atoms with Crippen LogP contribution in [0.2, 0.25) is 0 Å². The summed E-state index contributed by atoms with van der Waals surface area (Å²) in [7, 11) is 0. The van der Waals surface area contributed by atoms with Crippen molar-refractivity contribution >= 4 is 0 Å². The molecule has 0 amide bonds. The third-order valence-corrected chi connectivity index (χ3v) is 0. The van der Waals surface area contributed by atoms with Crippen LogP contribution in [0.3, 0.4) is 0 Å². The third-order valence-electron chi connectivity index (χ3n) is 0. The summed E-state index contributed by atoms with van der Waals surface area (Å²) in [6.45, 7) is 0. The van der Waals surface area contributed by atoms with Crippen LogP contribution in [0, 0.1) is 0 Å². The van der Waals surface area contributed by atoms with Crippen molar-refractivity contribution in [1.29, 1.82) is 0 Å². The first-order chi connectivity index (χ1) is 4.00. The molecule has 0 spiro atoms. The molecule has 0 aromatic rings. The van der Waals surface area contributed by atoms with Gasteiger partial charge in [0.15, 0.2) is 0 Å². The van der Waals surface area contributed by atoms with Crippen LogP contribution in [0.4, 0.5) is 0 Å². The van der Waals surface area contributed by atoms with Crippen molar-refractivity contribution in [1.82, 2.24) is 0 Å². The van der Waals surface area contributed by atoms with Gasteiger partial charge in [-0.15, -0.1) is 0 Å². The Balaban J connectivity index is -0.000000107. The molecule has 1 radical (unpaired) electrons. The van der Waals surface area contributed by atoms with Gasteiger partial charge in [0.25, 0.3) is 0 Å². The van der Waals surface area contributed by atoms with Gasteiger partial charge in [-0.1, -0.05) is 0 Å². The van der Waals surface area contributed by atoms with Gasteiger partial charge in [0.05, 0.1) is 0 Å². The molecule has 0 atom stereocenters. The van der Waals surface area contributed by atoms with Gasteiger partial charge < -0.3 is 0 Å². The van der Waals surface area contributed by atoms with Crippen LogP contribution in [0.5, 0.6) is 0 Å². The number of hydrogen-bond donors (Lipinski definition) is 0. The first-order valence-corrected chi connectivity index (χ1v) is 5.50. The number of hydrogen-bond acceptors (Lipinski definition) is 8. The molecule has 11 heteroatoms. The second-order valence-electron chi connectivity index (χ2n) is 0.816. The molecule has 0 aliphatic heterocycles. The first-order valence-electron chi connectivity index (χ1n) is 1.33. The molecule has 65 valence electrons. The Hall–Kier alpha value is 0.689. The van der Waals surface area contributed by atoms with Gasteiger partial charge in [0.1, 0.15) is 0 Å². The van der Waals surface area contributed by atoms with E-state index in [9.17, 15) is 0 Å². The molecule has 0 aromatic carbocycles. The van der Waals surface area contributed by atoms with E-state index in [1.54, 1.807) is 0 Å². The summed E-state index contributed by atoms with van der Waals surface area (Å²) in [6.07, 6.45) is 0. The molecule has 0 rings (SSSR count). The molecule has 0 saturated heterocycles. The average molecular weight is 283 g/mol. The Bertz CT molecular complexity index is 208. The predicted molar refractivity (Wildman–Crippen MR) is 2.75 cm³/mol. The zero-order valence-corrected chi connectivity index (χ0v) is 8.48. The molecular formula is Cr2O8V. The van der Waals surface area contributed by atoms with Crippen molar-refractivity contribution in [3.63, 3.8) is 0 Å². The van der Waals surface area contributed by atoms with E-state index >= 15 is 0 Å². The third kappa shape index (κ3) is 1700. The maximum atomic E-state index is 8.59. The summed E-state index contributed by atoms with van der Waals surface area (Å²) < 4.78 is 68.8. The van der Waals surface area contributed by atoms with Gasteiger partial charge >= 0.3 is 77.6 Å². The van der Waals surface area contributed by atoms with E-state index in [4.69, 9.17) is 31.8 Å². The van der Waals surface area contributed by atoms with Gasteiger partial charge in [0.2, 0.25) is 0 Å². The summed E-state index contributed by atoms with van der Waals surface area (Å²) >= 11 is -11.5. The van der Waals surface area contributed by atoms with E-state index < -0.39 is 27.2 Å². The Kier molecular flexibility index (Phi) is 10.0. The normalized spacial score (nSPS) is 10.5. The van der Waals surface area contributed by atoms with E-state index in [1.165, 1.54) is 0 Å². The molecule has 0 N–H and O–H groups in total. The molecule has 0 aromatic heterocycles. The zero-order chi connectivity index (χ0) is 9.00. The van der Waals surface area contributed by atoms with Crippen LogP contribution in [0.1, 0.15) is 0 Å². The zero-order valence-electron chi connectivity index (χ0n) is 4.53. The largest absolute Gasteiger partial charge is 4.00 e. The molecule has 8 nitrogen and oxygen atoms in total. The van der Waals surface area contributed by atoms with Crippen molar-refractivity contribution < 1.29 is 77.6 Å². The topological polar surface area (TPSA) is 161 Å². The minimum absolute atomic E-state index is 0. The SMILES string of the molecule is [O]=[Cr](=[O])([O-])[O-].[O]=[Cr](=[O])([O-])[O-].[V+4]. The van der Waals surface area contributed by atoms with Crippen LogP contribution in [0.25, 0.3) is 0 Å². The van der Waals surface area contributed by atoms with Crippen molar-refractivity contribution in [2.45, 2.75) is 0 Å². The Morgan fingerprint density at radius 3 is 0.636 bits per heavy atom. The second-order valence-corrected chi connectivity index (χ2v) is 3.37. The molecule has 0 bridgehead atoms. The minimum atomic E-state index is -5.75. The average Bonchev–Trinajstić information content (AvgIpc) is 1.12. The van der Waals surface area contributed by atoms with Crippen LogP contribution in [-0.4, -0.2) is 0 Å². The maximum Gasteiger partial charge on any atom is 4.00 e. The fraction of sp³-hybridized carbons (Fsp3) is 0. The fourth-order valence-corrected chi connectivity index (χ4v) is 0. The standard InChI is InChI=1S/2Cr.8O.V/q;;;;;;4*-1;+4. The summed E-state index contributed by atoms with van der Waals surface area (Å²) in [4.78, 5) is 0.